The average Bonchev–Trinajstić information content (AvgIpc) is 2.72. The van der Waals surface area contributed by atoms with Crippen LogP contribution in [-0.4, -0.2) is 40.5 Å². The van der Waals surface area contributed by atoms with Crippen LogP contribution < -0.4 is 14.8 Å². The van der Waals surface area contributed by atoms with Gasteiger partial charge in [-0.1, -0.05) is 18.2 Å². The first-order valence-corrected chi connectivity index (χ1v) is 10.4. The van der Waals surface area contributed by atoms with E-state index in [-0.39, 0.29) is 16.5 Å². The van der Waals surface area contributed by atoms with Crippen molar-refractivity contribution in [2.24, 2.45) is 5.11 Å². The third-order valence-electron chi connectivity index (χ3n) is 4.13. The van der Waals surface area contributed by atoms with Crippen molar-refractivity contribution in [1.82, 2.24) is 5.32 Å². The molecule has 10 heteroatoms. The second-order valence-electron chi connectivity index (χ2n) is 6.35. The van der Waals surface area contributed by atoms with E-state index in [2.05, 4.69) is 15.3 Å². The number of nitrogens with zero attached hydrogens (tertiary/aromatic N) is 3. The number of carbonyl (C=O) groups excluding carboxylic acids is 1. The van der Waals surface area contributed by atoms with Crippen LogP contribution in [0.3, 0.4) is 0 Å². The van der Waals surface area contributed by atoms with Crippen LogP contribution in [-0.2, 0) is 17.5 Å². The van der Waals surface area contributed by atoms with E-state index in [1.165, 1.54) is 12.1 Å². The maximum Gasteiger partial charge on any atom is 0.250 e. The van der Waals surface area contributed by atoms with E-state index < -0.39 is 17.0 Å². The third-order valence-corrected chi connectivity index (χ3v) is 4.83. The van der Waals surface area contributed by atoms with Gasteiger partial charge in [0.15, 0.2) is 11.5 Å². The SMILES string of the molecule is CCOc1ccccc1OCCN[C@H](C)Cc1ccc(C(=O)N=[N+]=[N-])c(S(=O)[O-])c1. The first-order valence-electron chi connectivity index (χ1n) is 9.35. The minimum absolute atomic E-state index is 0.0300. The average molecular weight is 431 g/mol. The predicted molar refractivity (Wildman–Crippen MR) is 111 cm³/mol. The predicted octanol–water partition coefficient (Wildman–Crippen LogP) is 3.37. The van der Waals surface area contributed by atoms with Gasteiger partial charge in [-0.2, -0.15) is 0 Å². The molecule has 0 saturated heterocycles. The number of ether oxygens (including phenoxy) is 2. The number of benzene rings is 2. The van der Waals surface area contributed by atoms with Crippen LogP contribution in [0.25, 0.3) is 10.4 Å². The highest BCUT2D eigenvalue weighted by Crippen LogP contribution is 2.26. The van der Waals surface area contributed by atoms with E-state index in [1.807, 2.05) is 38.1 Å². The summed E-state index contributed by atoms with van der Waals surface area (Å²) >= 11 is -2.63. The number of amides is 1. The van der Waals surface area contributed by atoms with Crippen molar-refractivity contribution in [1.29, 1.82) is 0 Å². The molecule has 2 aromatic rings. The lowest BCUT2D eigenvalue weighted by molar-refractivity contribution is 0.0997. The largest absolute Gasteiger partial charge is 0.768 e. The molecule has 0 spiro atoms. The number of nitrogens with one attached hydrogen (secondary N) is 1. The zero-order valence-electron chi connectivity index (χ0n) is 16.7. The van der Waals surface area contributed by atoms with Crippen molar-refractivity contribution in [2.75, 3.05) is 19.8 Å². The summed E-state index contributed by atoms with van der Waals surface area (Å²) in [5, 5.41) is 6.26. The molecular formula is C20H23N4O5S-. The molecule has 30 heavy (non-hydrogen) atoms. The van der Waals surface area contributed by atoms with Gasteiger partial charge in [-0.05, 0) is 71.8 Å². The van der Waals surface area contributed by atoms with Gasteiger partial charge in [0, 0.05) is 28.0 Å². The summed E-state index contributed by atoms with van der Waals surface area (Å²) in [6.45, 7) is 5.44. The lowest BCUT2D eigenvalue weighted by Gasteiger charge is -2.17. The molecule has 2 aromatic carbocycles. The number of para-hydroxylation sites is 2. The van der Waals surface area contributed by atoms with Crippen LogP contribution in [0.1, 0.15) is 29.8 Å². The molecule has 0 fully saturated rings. The summed E-state index contributed by atoms with van der Waals surface area (Å²) in [4.78, 5) is 14.0. The summed E-state index contributed by atoms with van der Waals surface area (Å²) in [7, 11) is 0. The molecule has 160 valence electrons. The fraction of sp³-hybridized carbons (Fsp3) is 0.350. The zero-order chi connectivity index (χ0) is 21.9. The molecule has 2 atom stereocenters. The van der Waals surface area contributed by atoms with Crippen LogP contribution in [0.2, 0.25) is 0 Å². The highest BCUT2D eigenvalue weighted by atomic mass is 32.2. The topological polar surface area (TPSA) is 136 Å². The Bertz CT molecular complexity index is 947. The summed E-state index contributed by atoms with van der Waals surface area (Å²) in [6.07, 6.45) is 0.537. The van der Waals surface area contributed by atoms with Crippen LogP contribution in [0, 0.1) is 0 Å². The molecule has 1 unspecified atom stereocenters. The molecule has 2 rings (SSSR count). The molecule has 0 saturated carbocycles. The third kappa shape index (κ3) is 6.85. The maximum absolute atomic E-state index is 11.7. The van der Waals surface area contributed by atoms with Crippen LogP contribution in [0.4, 0.5) is 0 Å². The van der Waals surface area contributed by atoms with E-state index in [4.69, 9.17) is 15.0 Å². The van der Waals surface area contributed by atoms with Gasteiger partial charge in [-0.3, -0.25) is 9.00 Å². The van der Waals surface area contributed by atoms with Gasteiger partial charge in [0.05, 0.1) is 6.61 Å². The Morgan fingerprint density at radius 3 is 2.60 bits per heavy atom. The molecule has 0 aromatic heterocycles. The van der Waals surface area contributed by atoms with Crippen LogP contribution >= 0.6 is 0 Å². The van der Waals surface area contributed by atoms with Crippen molar-refractivity contribution >= 4 is 17.0 Å². The molecule has 1 amide bonds. The van der Waals surface area contributed by atoms with Gasteiger partial charge >= 0.3 is 0 Å². The quantitative estimate of drug-likeness (QED) is 0.190. The van der Waals surface area contributed by atoms with Crippen molar-refractivity contribution in [3.63, 3.8) is 0 Å². The minimum atomic E-state index is -2.63. The Hall–Kier alpha value is -2.91. The number of azide groups is 1. The fourth-order valence-corrected chi connectivity index (χ4v) is 3.42. The second kappa shape index (κ2) is 11.9. The van der Waals surface area contributed by atoms with E-state index in [0.717, 1.165) is 5.56 Å². The van der Waals surface area contributed by atoms with E-state index >= 15 is 0 Å². The molecule has 0 aliphatic carbocycles. The summed E-state index contributed by atoms with van der Waals surface area (Å²) in [5.74, 6) is 0.442. The highest BCUT2D eigenvalue weighted by molar-refractivity contribution is 7.79. The second-order valence-corrected chi connectivity index (χ2v) is 7.26. The Kier molecular flexibility index (Phi) is 9.30. The Morgan fingerprint density at radius 2 is 1.97 bits per heavy atom. The Morgan fingerprint density at radius 1 is 1.27 bits per heavy atom. The molecule has 0 aliphatic heterocycles. The minimum Gasteiger partial charge on any atom is -0.768 e. The smallest absolute Gasteiger partial charge is 0.250 e. The molecule has 0 heterocycles. The van der Waals surface area contributed by atoms with Crippen molar-refractivity contribution in [3.05, 3.63) is 64.0 Å². The van der Waals surface area contributed by atoms with E-state index in [1.54, 1.807) is 6.07 Å². The van der Waals surface area contributed by atoms with Gasteiger partial charge < -0.3 is 19.3 Å². The molecule has 9 nitrogen and oxygen atoms in total. The lowest BCUT2D eigenvalue weighted by atomic mass is 10.0. The van der Waals surface area contributed by atoms with Crippen LogP contribution in [0.5, 0.6) is 11.5 Å². The maximum atomic E-state index is 11.7. The zero-order valence-corrected chi connectivity index (χ0v) is 17.6. The van der Waals surface area contributed by atoms with Crippen molar-refractivity contribution in [3.8, 4) is 11.5 Å². The summed E-state index contributed by atoms with van der Waals surface area (Å²) < 4.78 is 34.2. The van der Waals surface area contributed by atoms with Gasteiger partial charge in [0.1, 0.15) is 6.61 Å². The summed E-state index contributed by atoms with van der Waals surface area (Å²) in [6, 6.07) is 11.9. The first kappa shape index (κ1) is 23.4. The monoisotopic (exact) mass is 431 g/mol. The normalized spacial score (nSPS) is 12.5. The standard InChI is InChI=1S/C20H24N4O5S/c1-3-28-17-6-4-5-7-18(17)29-11-10-22-14(2)12-15-8-9-16(20(25)23-24-21)19(13-15)30(26)27/h4-9,13-14,22H,3,10-12H2,1-2H3,(H,26,27)/p-1/t14-/m1/s1. The van der Waals surface area contributed by atoms with Crippen molar-refractivity contribution < 1.29 is 23.0 Å². The molecular weight excluding hydrogens is 408 g/mol. The Balaban J connectivity index is 1.91. The van der Waals surface area contributed by atoms with Crippen molar-refractivity contribution in [2.45, 2.75) is 31.2 Å². The lowest BCUT2D eigenvalue weighted by Crippen LogP contribution is -2.31. The number of hydrogen-bond acceptors (Lipinski definition) is 6. The van der Waals surface area contributed by atoms with Gasteiger partial charge in [0.25, 0.3) is 0 Å². The Labute approximate surface area is 177 Å². The van der Waals surface area contributed by atoms with Crippen LogP contribution in [0.15, 0.2) is 52.5 Å². The van der Waals surface area contributed by atoms with Gasteiger partial charge in [0.2, 0.25) is 5.91 Å². The number of rotatable bonds is 11. The highest BCUT2D eigenvalue weighted by Gasteiger charge is 2.13. The summed E-state index contributed by atoms with van der Waals surface area (Å²) in [5.41, 5.74) is 8.96. The molecule has 0 aliphatic rings. The number of hydrogen-bond donors (Lipinski definition) is 1. The number of carbonyl (C=O) groups is 1. The molecule has 0 radical (unpaired) electrons. The van der Waals surface area contributed by atoms with E-state index in [9.17, 15) is 13.6 Å². The fourth-order valence-electron chi connectivity index (χ4n) is 2.84. The van der Waals surface area contributed by atoms with Gasteiger partial charge in [-0.25, -0.2) is 0 Å². The molecule has 0 bridgehead atoms. The van der Waals surface area contributed by atoms with Gasteiger partial charge in [-0.15, -0.1) is 0 Å². The molecule has 1 N–H and O–H groups in total. The van der Waals surface area contributed by atoms with E-state index in [0.29, 0.717) is 37.7 Å². The first-order chi connectivity index (χ1) is 14.5.